The molecule has 5 rings (SSSR count). The maximum atomic E-state index is 14.8. The van der Waals surface area contributed by atoms with Crippen molar-refractivity contribution in [2.75, 3.05) is 32.9 Å². The molecule has 3 aliphatic rings. The molecular formula is C26H29F2N3O2. The molecule has 1 saturated carbocycles. The maximum absolute atomic E-state index is 14.8. The second-order valence-corrected chi connectivity index (χ2v) is 9.28. The van der Waals surface area contributed by atoms with Crippen LogP contribution in [0.1, 0.15) is 52.0 Å². The molecular weight excluding hydrogens is 424 g/mol. The highest BCUT2D eigenvalue weighted by Gasteiger charge is 2.37. The van der Waals surface area contributed by atoms with E-state index in [1.54, 1.807) is 18.2 Å². The van der Waals surface area contributed by atoms with Crippen LogP contribution in [0.25, 0.3) is 11.1 Å². The van der Waals surface area contributed by atoms with Crippen LogP contribution in [0.15, 0.2) is 36.4 Å². The summed E-state index contributed by atoms with van der Waals surface area (Å²) in [5.41, 5.74) is 2.85. The lowest BCUT2D eigenvalue weighted by molar-refractivity contribution is 0.0646. The molecule has 2 amide bonds. The zero-order chi connectivity index (χ0) is 22.9. The second-order valence-electron chi connectivity index (χ2n) is 9.28. The molecule has 7 heteroatoms. The smallest absolute Gasteiger partial charge is 0.254 e. The van der Waals surface area contributed by atoms with Crippen LogP contribution in [0, 0.1) is 5.82 Å². The molecule has 174 valence electrons. The Morgan fingerprint density at radius 3 is 2.58 bits per heavy atom. The van der Waals surface area contributed by atoms with Gasteiger partial charge < -0.3 is 10.2 Å². The van der Waals surface area contributed by atoms with Crippen molar-refractivity contribution in [1.29, 1.82) is 0 Å². The minimum absolute atomic E-state index is 0.0728. The highest BCUT2D eigenvalue weighted by atomic mass is 19.1. The zero-order valence-corrected chi connectivity index (χ0v) is 18.7. The summed E-state index contributed by atoms with van der Waals surface area (Å²) in [6, 6.07) is 10.7. The Kier molecular flexibility index (Phi) is 6.15. The van der Waals surface area contributed by atoms with Gasteiger partial charge in [-0.15, -0.1) is 0 Å². The van der Waals surface area contributed by atoms with Gasteiger partial charge in [0.2, 0.25) is 0 Å². The van der Waals surface area contributed by atoms with Crippen molar-refractivity contribution in [3.8, 4) is 11.1 Å². The van der Waals surface area contributed by atoms with E-state index in [0.717, 1.165) is 31.5 Å². The molecule has 1 N–H and O–H groups in total. The zero-order valence-electron chi connectivity index (χ0n) is 18.7. The summed E-state index contributed by atoms with van der Waals surface area (Å²) >= 11 is 0. The monoisotopic (exact) mass is 453 g/mol. The molecule has 33 heavy (non-hydrogen) atoms. The van der Waals surface area contributed by atoms with Gasteiger partial charge in [0, 0.05) is 55.0 Å². The summed E-state index contributed by atoms with van der Waals surface area (Å²) in [4.78, 5) is 29.8. The molecule has 0 spiro atoms. The Morgan fingerprint density at radius 1 is 1.03 bits per heavy atom. The fraction of sp³-hybridized carbons (Fsp3) is 0.462. The topological polar surface area (TPSA) is 52.7 Å². The molecule has 5 nitrogen and oxygen atoms in total. The van der Waals surface area contributed by atoms with E-state index in [4.69, 9.17) is 0 Å². The van der Waals surface area contributed by atoms with E-state index in [9.17, 15) is 18.4 Å². The van der Waals surface area contributed by atoms with Gasteiger partial charge in [-0.3, -0.25) is 14.5 Å². The average Bonchev–Trinajstić information content (AvgIpc) is 3.25. The third-order valence-electron chi connectivity index (χ3n) is 7.37. The van der Waals surface area contributed by atoms with Gasteiger partial charge in [0.1, 0.15) is 12.5 Å². The number of nitrogens with zero attached hydrogens (tertiary/aromatic N) is 2. The van der Waals surface area contributed by atoms with Gasteiger partial charge >= 0.3 is 0 Å². The third-order valence-corrected chi connectivity index (χ3v) is 7.37. The lowest BCUT2D eigenvalue weighted by Gasteiger charge is -2.37. The van der Waals surface area contributed by atoms with Gasteiger partial charge in [-0.05, 0) is 55.0 Å². The Bertz CT molecular complexity index is 1070. The van der Waals surface area contributed by atoms with Crippen LogP contribution in [-0.4, -0.2) is 66.6 Å². The SMILES string of the molecule is O=C(NCCF)c1ccc(-c2ccc3c(c2)CCN([C@H]2CCN(C4CCC4)C2)C3=O)c(F)c1. The predicted molar refractivity (Wildman–Crippen MR) is 123 cm³/mol. The Labute approximate surface area is 192 Å². The van der Waals surface area contributed by atoms with Crippen LogP contribution in [0.4, 0.5) is 8.78 Å². The van der Waals surface area contributed by atoms with Crippen molar-refractivity contribution in [2.45, 2.75) is 44.2 Å². The fourth-order valence-corrected chi connectivity index (χ4v) is 5.28. The largest absolute Gasteiger partial charge is 0.349 e. The minimum atomic E-state index is -0.670. The number of alkyl halides is 1. The molecule has 2 aliphatic heterocycles. The van der Waals surface area contributed by atoms with E-state index in [1.165, 1.54) is 31.4 Å². The summed E-state index contributed by atoms with van der Waals surface area (Å²) in [5.74, 6) is -0.950. The number of hydrogen-bond acceptors (Lipinski definition) is 3. The number of rotatable bonds is 6. The van der Waals surface area contributed by atoms with E-state index in [2.05, 4.69) is 10.2 Å². The number of fused-ring (bicyclic) bond motifs is 1. The van der Waals surface area contributed by atoms with Crippen LogP contribution in [0.3, 0.4) is 0 Å². The molecule has 2 fully saturated rings. The molecule has 0 radical (unpaired) electrons. The van der Waals surface area contributed by atoms with Gasteiger partial charge in [-0.25, -0.2) is 8.78 Å². The summed E-state index contributed by atoms with van der Waals surface area (Å²) in [5, 5.41) is 2.40. The van der Waals surface area contributed by atoms with E-state index < -0.39 is 18.4 Å². The molecule has 0 unspecified atom stereocenters. The van der Waals surface area contributed by atoms with Crippen molar-refractivity contribution in [2.24, 2.45) is 0 Å². The van der Waals surface area contributed by atoms with E-state index in [-0.39, 0.29) is 24.1 Å². The lowest BCUT2D eigenvalue weighted by atomic mass is 9.91. The summed E-state index contributed by atoms with van der Waals surface area (Å²) in [6.07, 6.45) is 5.67. The van der Waals surface area contributed by atoms with Crippen LogP contribution < -0.4 is 5.32 Å². The molecule has 0 bridgehead atoms. The number of nitrogens with one attached hydrogen (secondary N) is 1. The highest BCUT2D eigenvalue weighted by molar-refractivity contribution is 5.98. The van der Waals surface area contributed by atoms with Crippen LogP contribution in [-0.2, 0) is 6.42 Å². The molecule has 2 heterocycles. The highest BCUT2D eigenvalue weighted by Crippen LogP contribution is 2.33. The number of benzene rings is 2. The first-order valence-corrected chi connectivity index (χ1v) is 11.9. The van der Waals surface area contributed by atoms with Crippen molar-refractivity contribution in [3.63, 3.8) is 0 Å². The van der Waals surface area contributed by atoms with Crippen LogP contribution >= 0.6 is 0 Å². The van der Waals surface area contributed by atoms with Gasteiger partial charge in [0.15, 0.2) is 0 Å². The Hall–Kier alpha value is -2.80. The molecule has 1 atom stereocenters. The first-order chi connectivity index (χ1) is 16.0. The van der Waals surface area contributed by atoms with Crippen molar-refractivity contribution in [3.05, 3.63) is 58.9 Å². The molecule has 2 aromatic carbocycles. The van der Waals surface area contributed by atoms with Gasteiger partial charge in [0.25, 0.3) is 11.8 Å². The second kappa shape index (κ2) is 9.21. The van der Waals surface area contributed by atoms with E-state index in [1.807, 2.05) is 11.0 Å². The predicted octanol–water partition coefficient (Wildman–Crippen LogP) is 3.82. The van der Waals surface area contributed by atoms with Gasteiger partial charge in [0.05, 0.1) is 0 Å². The Balaban J connectivity index is 1.31. The Morgan fingerprint density at radius 2 is 1.85 bits per heavy atom. The summed E-state index contributed by atoms with van der Waals surface area (Å²) in [6.45, 7) is 1.97. The lowest BCUT2D eigenvalue weighted by Crippen LogP contribution is -2.47. The van der Waals surface area contributed by atoms with E-state index in [0.29, 0.717) is 29.3 Å². The van der Waals surface area contributed by atoms with Crippen LogP contribution in [0.2, 0.25) is 0 Å². The van der Waals surface area contributed by atoms with Gasteiger partial charge in [-0.2, -0.15) is 0 Å². The normalized spacial score (nSPS) is 21.1. The van der Waals surface area contributed by atoms with Crippen molar-refractivity contribution < 1.29 is 18.4 Å². The number of amides is 2. The number of carbonyl (C=O) groups is 2. The number of carbonyl (C=O) groups excluding carboxylic acids is 2. The quantitative estimate of drug-likeness (QED) is 0.724. The molecule has 2 aromatic rings. The first-order valence-electron chi connectivity index (χ1n) is 11.9. The molecule has 1 saturated heterocycles. The van der Waals surface area contributed by atoms with E-state index >= 15 is 0 Å². The standard InChI is InChI=1S/C26H29F2N3O2/c27-10-11-29-25(32)19-5-6-22(24(28)15-19)17-4-7-23-18(14-17)8-13-31(26(23)33)21-9-12-30(16-21)20-2-1-3-20/h4-7,14-15,20-21H,1-3,8-13,16H2,(H,29,32)/t21-/m0/s1. The van der Waals surface area contributed by atoms with Crippen LogP contribution in [0.5, 0.6) is 0 Å². The summed E-state index contributed by atoms with van der Waals surface area (Å²) in [7, 11) is 0. The van der Waals surface area contributed by atoms with Crippen molar-refractivity contribution in [1.82, 2.24) is 15.1 Å². The number of likely N-dealkylation sites (tertiary alicyclic amines) is 1. The number of hydrogen-bond donors (Lipinski definition) is 1. The third kappa shape index (κ3) is 4.26. The minimum Gasteiger partial charge on any atom is -0.349 e. The molecule has 0 aromatic heterocycles. The maximum Gasteiger partial charge on any atom is 0.254 e. The van der Waals surface area contributed by atoms with Crippen molar-refractivity contribution >= 4 is 11.8 Å². The average molecular weight is 454 g/mol. The first kappa shape index (κ1) is 22.0. The summed E-state index contributed by atoms with van der Waals surface area (Å²) < 4.78 is 27.1. The molecule has 1 aliphatic carbocycles. The number of halogens is 2. The van der Waals surface area contributed by atoms with Gasteiger partial charge in [-0.1, -0.05) is 24.6 Å². The fourth-order valence-electron chi connectivity index (χ4n) is 5.28.